The SMILES string of the molecule is Cc1cccc(NC(=O)C(C)Sc2ccc(C(=O)N3CCCC3)cn2)c1. The molecule has 3 rings (SSSR count). The number of carbonyl (C=O) groups excluding carboxylic acids is 2. The van der Waals surface area contributed by atoms with Crippen molar-refractivity contribution < 1.29 is 9.59 Å². The molecule has 0 aliphatic carbocycles. The van der Waals surface area contributed by atoms with Gasteiger partial charge < -0.3 is 10.2 Å². The lowest BCUT2D eigenvalue weighted by molar-refractivity contribution is -0.115. The predicted octanol–water partition coefficient (Wildman–Crippen LogP) is 3.75. The molecule has 1 aromatic carbocycles. The van der Waals surface area contributed by atoms with E-state index in [1.807, 2.05) is 49.1 Å². The van der Waals surface area contributed by atoms with Crippen LogP contribution in [0.1, 0.15) is 35.7 Å². The Morgan fingerprint density at radius 3 is 2.62 bits per heavy atom. The van der Waals surface area contributed by atoms with Gasteiger partial charge in [0.1, 0.15) is 0 Å². The summed E-state index contributed by atoms with van der Waals surface area (Å²) in [6, 6.07) is 11.3. The molecule has 2 amide bonds. The van der Waals surface area contributed by atoms with E-state index in [9.17, 15) is 9.59 Å². The minimum atomic E-state index is -0.289. The lowest BCUT2D eigenvalue weighted by Crippen LogP contribution is -2.27. The Kier molecular flexibility index (Phi) is 5.93. The van der Waals surface area contributed by atoms with Gasteiger partial charge in [0.15, 0.2) is 0 Å². The fraction of sp³-hybridized carbons (Fsp3) is 0.350. The van der Waals surface area contributed by atoms with E-state index in [1.54, 1.807) is 12.3 Å². The van der Waals surface area contributed by atoms with Gasteiger partial charge in [0.2, 0.25) is 5.91 Å². The van der Waals surface area contributed by atoms with Crippen LogP contribution in [0.3, 0.4) is 0 Å². The molecule has 1 aliphatic heterocycles. The van der Waals surface area contributed by atoms with Gasteiger partial charge in [0.05, 0.1) is 15.8 Å². The molecular weight excluding hydrogens is 346 g/mol. The van der Waals surface area contributed by atoms with Crippen LogP contribution in [0.5, 0.6) is 0 Å². The summed E-state index contributed by atoms with van der Waals surface area (Å²) in [7, 11) is 0. The van der Waals surface area contributed by atoms with Crippen molar-refractivity contribution in [1.82, 2.24) is 9.88 Å². The monoisotopic (exact) mass is 369 g/mol. The largest absolute Gasteiger partial charge is 0.339 e. The Bertz CT molecular complexity index is 786. The summed E-state index contributed by atoms with van der Waals surface area (Å²) in [6.07, 6.45) is 3.75. The Balaban J connectivity index is 1.57. The number of anilines is 1. The molecule has 2 aromatic rings. The number of nitrogens with zero attached hydrogens (tertiary/aromatic N) is 2. The van der Waals surface area contributed by atoms with E-state index in [1.165, 1.54) is 11.8 Å². The minimum absolute atomic E-state index is 0.0387. The van der Waals surface area contributed by atoms with Crippen LogP contribution in [-0.2, 0) is 4.79 Å². The summed E-state index contributed by atoms with van der Waals surface area (Å²) in [5, 5.41) is 3.36. The number of pyridine rings is 1. The summed E-state index contributed by atoms with van der Waals surface area (Å²) in [6.45, 7) is 5.49. The number of thioether (sulfide) groups is 1. The van der Waals surface area contributed by atoms with Gasteiger partial charge in [-0.2, -0.15) is 0 Å². The molecule has 2 heterocycles. The zero-order chi connectivity index (χ0) is 18.5. The van der Waals surface area contributed by atoms with Gasteiger partial charge in [-0.1, -0.05) is 23.9 Å². The Labute approximate surface area is 158 Å². The Hall–Kier alpha value is -2.34. The topological polar surface area (TPSA) is 62.3 Å². The number of amides is 2. The number of carbonyl (C=O) groups is 2. The third-order valence-electron chi connectivity index (χ3n) is 4.33. The van der Waals surface area contributed by atoms with E-state index in [4.69, 9.17) is 0 Å². The first-order chi connectivity index (χ1) is 12.5. The maximum absolute atomic E-state index is 12.4. The van der Waals surface area contributed by atoms with E-state index in [0.717, 1.165) is 42.2 Å². The number of aryl methyl sites for hydroxylation is 1. The van der Waals surface area contributed by atoms with Crippen LogP contribution in [-0.4, -0.2) is 40.0 Å². The normalized spacial score (nSPS) is 14.9. The lowest BCUT2D eigenvalue weighted by Gasteiger charge is -2.15. The van der Waals surface area contributed by atoms with Crippen LogP contribution in [0.4, 0.5) is 5.69 Å². The molecule has 6 heteroatoms. The van der Waals surface area contributed by atoms with Crippen molar-refractivity contribution in [3.8, 4) is 0 Å². The maximum atomic E-state index is 12.4. The molecule has 1 saturated heterocycles. The highest BCUT2D eigenvalue weighted by Gasteiger charge is 2.20. The Morgan fingerprint density at radius 2 is 1.96 bits per heavy atom. The van der Waals surface area contributed by atoms with Crippen LogP contribution >= 0.6 is 11.8 Å². The summed E-state index contributed by atoms with van der Waals surface area (Å²) < 4.78 is 0. The van der Waals surface area contributed by atoms with Crippen molar-refractivity contribution in [3.05, 3.63) is 53.7 Å². The van der Waals surface area contributed by atoms with Gasteiger partial charge in [-0.05, 0) is 56.5 Å². The number of nitrogens with one attached hydrogen (secondary N) is 1. The molecule has 1 aromatic heterocycles. The standard InChI is InChI=1S/C20H23N3O2S/c1-14-6-5-7-17(12-14)22-19(24)15(2)26-18-9-8-16(13-21-18)20(25)23-10-3-4-11-23/h5-9,12-13,15H,3-4,10-11H2,1-2H3,(H,22,24). The minimum Gasteiger partial charge on any atom is -0.339 e. The first-order valence-corrected chi connectivity index (χ1v) is 9.70. The molecule has 1 atom stereocenters. The van der Waals surface area contributed by atoms with Crippen LogP contribution < -0.4 is 5.32 Å². The molecule has 1 unspecified atom stereocenters. The highest BCUT2D eigenvalue weighted by atomic mass is 32.2. The van der Waals surface area contributed by atoms with Gasteiger partial charge >= 0.3 is 0 Å². The molecule has 26 heavy (non-hydrogen) atoms. The zero-order valence-corrected chi connectivity index (χ0v) is 15.9. The average Bonchev–Trinajstić information content (AvgIpc) is 3.16. The predicted molar refractivity (Wildman–Crippen MR) is 105 cm³/mol. The molecule has 136 valence electrons. The molecule has 1 N–H and O–H groups in total. The number of hydrogen-bond donors (Lipinski definition) is 1. The maximum Gasteiger partial charge on any atom is 0.255 e. The number of aromatic nitrogens is 1. The van der Waals surface area contributed by atoms with E-state index < -0.39 is 0 Å². The first-order valence-electron chi connectivity index (χ1n) is 8.82. The van der Waals surface area contributed by atoms with E-state index in [-0.39, 0.29) is 17.1 Å². The van der Waals surface area contributed by atoms with Crippen molar-refractivity contribution in [1.29, 1.82) is 0 Å². The first kappa shape index (κ1) is 18.5. The summed E-state index contributed by atoms with van der Waals surface area (Å²) in [5.41, 5.74) is 2.50. The quantitative estimate of drug-likeness (QED) is 0.816. The van der Waals surface area contributed by atoms with Gasteiger partial charge in [-0.15, -0.1) is 0 Å². The highest BCUT2D eigenvalue weighted by molar-refractivity contribution is 8.00. The smallest absolute Gasteiger partial charge is 0.255 e. The van der Waals surface area contributed by atoms with Crippen molar-refractivity contribution >= 4 is 29.3 Å². The van der Waals surface area contributed by atoms with E-state index in [0.29, 0.717) is 5.56 Å². The number of benzene rings is 1. The number of likely N-dealkylation sites (tertiary alicyclic amines) is 1. The fourth-order valence-corrected chi connectivity index (χ4v) is 3.67. The molecule has 5 nitrogen and oxygen atoms in total. The summed E-state index contributed by atoms with van der Waals surface area (Å²) >= 11 is 1.38. The van der Waals surface area contributed by atoms with Crippen LogP contribution in [0, 0.1) is 6.92 Å². The van der Waals surface area contributed by atoms with E-state index in [2.05, 4.69) is 10.3 Å². The zero-order valence-electron chi connectivity index (χ0n) is 15.1. The third-order valence-corrected chi connectivity index (χ3v) is 5.38. The van der Waals surface area contributed by atoms with Gasteiger partial charge in [-0.25, -0.2) is 4.98 Å². The summed E-state index contributed by atoms with van der Waals surface area (Å²) in [4.78, 5) is 30.9. The molecule has 0 spiro atoms. The number of hydrogen-bond acceptors (Lipinski definition) is 4. The second kappa shape index (κ2) is 8.36. The fourth-order valence-electron chi connectivity index (χ4n) is 2.88. The van der Waals surface area contributed by atoms with Crippen molar-refractivity contribution in [3.63, 3.8) is 0 Å². The van der Waals surface area contributed by atoms with Gasteiger partial charge in [0.25, 0.3) is 5.91 Å². The van der Waals surface area contributed by atoms with Crippen molar-refractivity contribution in [2.45, 2.75) is 37.0 Å². The molecular formula is C20H23N3O2S. The molecule has 1 fully saturated rings. The second-order valence-corrected chi connectivity index (χ2v) is 7.86. The van der Waals surface area contributed by atoms with Crippen molar-refractivity contribution in [2.24, 2.45) is 0 Å². The Morgan fingerprint density at radius 1 is 1.19 bits per heavy atom. The molecule has 0 saturated carbocycles. The van der Waals surface area contributed by atoms with Crippen molar-refractivity contribution in [2.75, 3.05) is 18.4 Å². The summed E-state index contributed by atoms with van der Waals surface area (Å²) in [5.74, 6) is -0.0311. The number of rotatable bonds is 5. The van der Waals surface area contributed by atoms with Crippen LogP contribution in [0.15, 0.2) is 47.6 Å². The van der Waals surface area contributed by atoms with Crippen LogP contribution in [0.2, 0.25) is 0 Å². The van der Waals surface area contributed by atoms with Crippen LogP contribution in [0.25, 0.3) is 0 Å². The van der Waals surface area contributed by atoms with E-state index >= 15 is 0 Å². The highest BCUT2D eigenvalue weighted by Crippen LogP contribution is 2.23. The second-order valence-electron chi connectivity index (χ2n) is 6.50. The van der Waals surface area contributed by atoms with Gasteiger partial charge in [-0.3, -0.25) is 9.59 Å². The molecule has 1 aliphatic rings. The molecule has 0 bridgehead atoms. The lowest BCUT2D eigenvalue weighted by atomic mass is 10.2. The average molecular weight is 369 g/mol. The third kappa shape index (κ3) is 4.64. The van der Waals surface area contributed by atoms with Gasteiger partial charge in [0, 0.05) is 25.0 Å². The molecule has 0 radical (unpaired) electrons.